The van der Waals surface area contributed by atoms with Crippen molar-refractivity contribution in [3.63, 3.8) is 0 Å². The van der Waals surface area contributed by atoms with Crippen molar-refractivity contribution in [1.82, 2.24) is 10.2 Å². The van der Waals surface area contributed by atoms with Crippen LogP contribution < -0.4 is 10.1 Å². The highest BCUT2D eigenvalue weighted by Gasteiger charge is 2.27. The third-order valence-electron chi connectivity index (χ3n) is 4.55. The SMILES string of the molecule is CCC(C)NC(=O)C(C)N(Cc1ccccc1)C(=O)COc1ccccc1Cl. The second-order valence-electron chi connectivity index (χ2n) is 6.72. The van der Waals surface area contributed by atoms with E-state index in [0.717, 1.165) is 12.0 Å². The molecule has 28 heavy (non-hydrogen) atoms. The van der Waals surface area contributed by atoms with E-state index in [1.807, 2.05) is 44.2 Å². The van der Waals surface area contributed by atoms with Gasteiger partial charge in [-0.2, -0.15) is 0 Å². The number of hydrogen-bond donors (Lipinski definition) is 1. The third kappa shape index (κ3) is 6.27. The summed E-state index contributed by atoms with van der Waals surface area (Å²) in [6, 6.07) is 16.0. The van der Waals surface area contributed by atoms with Crippen LogP contribution in [0.25, 0.3) is 0 Å². The summed E-state index contributed by atoms with van der Waals surface area (Å²) < 4.78 is 5.59. The Morgan fingerprint density at radius 2 is 1.71 bits per heavy atom. The van der Waals surface area contributed by atoms with Crippen molar-refractivity contribution in [2.24, 2.45) is 0 Å². The molecule has 2 atom stereocenters. The lowest BCUT2D eigenvalue weighted by Gasteiger charge is -2.29. The van der Waals surface area contributed by atoms with Crippen molar-refractivity contribution in [3.05, 3.63) is 65.2 Å². The van der Waals surface area contributed by atoms with E-state index in [2.05, 4.69) is 5.32 Å². The van der Waals surface area contributed by atoms with E-state index < -0.39 is 6.04 Å². The summed E-state index contributed by atoms with van der Waals surface area (Å²) in [7, 11) is 0. The van der Waals surface area contributed by atoms with Crippen molar-refractivity contribution in [3.8, 4) is 5.75 Å². The van der Waals surface area contributed by atoms with Gasteiger partial charge in [-0.25, -0.2) is 0 Å². The van der Waals surface area contributed by atoms with Crippen LogP contribution in [0.2, 0.25) is 5.02 Å². The number of halogens is 1. The Bertz CT molecular complexity index is 782. The molecule has 0 saturated heterocycles. The summed E-state index contributed by atoms with van der Waals surface area (Å²) >= 11 is 6.09. The molecule has 2 rings (SSSR count). The van der Waals surface area contributed by atoms with Crippen LogP contribution in [0.5, 0.6) is 5.75 Å². The highest BCUT2D eigenvalue weighted by Crippen LogP contribution is 2.23. The lowest BCUT2D eigenvalue weighted by Crippen LogP contribution is -2.50. The summed E-state index contributed by atoms with van der Waals surface area (Å²) in [6.07, 6.45) is 0.820. The summed E-state index contributed by atoms with van der Waals surface area (Å²) in [5.41, 5.74) is 0.941. The molecule has 0 aliphatic rings. The van der Waals surface area contributed by atoms with Crippen molar-refractivity contribution >= 4 is 23.4 Å². The molecule has 1 N–H and O–H groups in total. The molecule has 2 amide bonds. The van der Waals surface area contributed by atoms with Crippen molar-refractivity contribution in [2.45, 2.75) is 45.8 Å². The Morgan fingerprint density at radius 1 is 1.07 bits per heavy atom. The zero-order chi connectivity index (χ0) is 20.5. The highest BCUT2D eigenvalue weighted by atomic mass is 35.5. The molecule has 0 radical (unpaired) electrons. The monoisotopic (exact) mass is 402 g/mol. The lowest BCUT2D eigenvalue weighted by atomic mass is 10.1. The molecule has 6 heteroatoms. The van der Waals surface area contributed by atoms with Gasteiger partial charge in [0.05, 0.1) is 5.02 Å². The number of para-hydroxylation sites is 1. The van der Waals surface area contributed by atoms with E-state index in [4.69, 9.17) is 16.3 Å². The number of ether oxygens (including phenoxy) is 1. The van der Waals surface area contributed by atoms with Crippen LogP contribution in [0, 0.1) is 0 Å². The predicted molar refractivity (Wildman–Crippen MR) is 111 cm³/mol. The van der Waals surface area contributed by atoms with Crippen LogP contribution in [0.4, 0.5) is 0 Å². The molecule has 0 bridgehead atoms. The molecule has 0 heterocycles. The Kier molecular flexibility index (Phi) is 8.33. The van der Waals surface area contributed by atoms with Crippen LogP contribution in [0.15, 0.2) is 54.6 Å². The molecule has 0 spiro atoms. The number of nitrogens with one attached hydrogen (secondary N) is 1. The quantitative estimate of drug-likeness (QED) is 0.688. The lowest BCUT2D eigenvalue weighted by molar-refractivity contribution is -0.142. The van der Waals surface area contributed by atoms with Gasteiger partial charge in [0.15, 0.2) is 6.61 Å². The first-order valence-electron chi connectivity index (χ1n) is 9.43. The van der Waals surface area contributed by atoms with Crippen LogP contribution in [-0.2, 0) is 16.1 Å². The van der Waals surface area contributed by atoms with Crippen molar-refractivity contribution in [2.75, 3.05) is 6.61 Å². The number of carbonyl (C=O) groups is 2. The topological polar surface area (TPSA) is 58.6 Å². The molecular formula is C22H27ClN2O3. The van der Waals surface area contributed by atoms with Gasteiger partial charge in [-0.15, -0.1) is 0 Å². The Hall–Kier alpha value is -2.53. The van der Waals surface area contributed by atoms with E-state index in [1.165, 1.54) is 4.90 Å². The second-order valence-corrected chi connectivity index (χ2v) is 7.13. The third-order valence-corrected chi connectivity index (χ3v) is 4.86. The summed E-state index contributed by atoms with van der Waals surface area (Å²) in [6.45, 7) is 5.79. The molecule has 5 nitrogen and oxygen atoms in total. The van der Waals surface area contributed by atoms with Crippen LogP contribution in [-0.4, -0.2) is 35.4 Å². The van der Waals surface area contributed by atoms with Crippen LogP contribution in [0.3, 0.4) is 0 Å². The van der Waals surface area contributed by atoms with E-state index >= 15 is 0 Å². The van der Waals surface area contributed by atoms with Gasteiger partial charge in [-0.05, 0) is 38.0 Å². The standard InChI is InChI=1S/C22H27ClN2O3/c1-4-16(2)24-22(27)17(3)25(14-18-10-6-5-7-11-18)21(26)15-28-20-13-9-8-12-19(20)23/h5-13,16-17H,4,14-15H2,1-3H3,(H,24,27). The number of rotatable bonds is 9. The Labute approximate surface area is 171 Å². The average Bonchev–Trinajstić information content (AvgIpc) is 2.71. The van der Waals surface area contributed by atoms with Gasteiger partial charge < -0.3 is 15.0 Å². The molecule has 0 fully saturated rings. The zero-order valence-corrected chi connectivity index (χ0v) is 17.3. The highest BCUT2D eigenvalue weighted by molar-refractivity contribution is 6.32. The maximum Gasteiger partial charge on any atom is 0.261 e. The number of nitrogens with zero attached hydrogens (tertiary/aromatic N) is 1. The fourth-order valence-electron chi connectivity index (χ4n) is 2.61. The number of amides is 2. The normalized spacial score (nSPS) is 12.7. The van der Waals surface area contributed by atoms with E-state index in [1.54, 1.807) is 31.2 Å². The first-order chi connectivity index (χ1) is 13.4. The maximum absolute atomic E-state index is 12.9. The molecule has 0 aromatic heterocycles. The van der Waals surface area contributed by atoms with Crippen molar-refractivity contribution in [1.29, 1.82) is 0 Å². The van der Waals surface area contributed by atoms with Crippen LogP contribution in [0.1, 0.15) is 32.8 Å². The fourth-order valence-corrected chi connectivity index (χ4v) is 2.80. The van der Waals surface area contributed by atoms with E-state index in [-0.39, 0.29) is 24.5 Å². The minimum absolute atomic E-state index is 0.0444. The minimum Gasteiger partial charge on any atom is -0.482 e. The summed E-state index contributed by atoms with van der Waals surface area (Å²) in [4.78, 5) is 27.1. The first-order valence-corrected chi connectivity index (χ1v) is 9.81. The largest absolute Gasteiger partial charge is 0.482 e. The van der Waals surface area contributed by atoms with Crippen molar-refractivity contribution < 1.29 is 14.3 Å². The summed E-state index contributed by atoms with van der Waals surface area (Å²) in [5, 5.41) is 3.38. The predicted octanol–water partition coefficient (Wildman–Crippen LogP) is 4.05. The van der Waals surface area contributed by atoms with Gasteiger partial charge in [0, 0.05) is 12.6 Å². The Balaban J connectivity index is 2.13. The molecule has 2 aromatic rings. The molecule has 150 valence electrons. The van der Waals surface area contributed by atoms with E-state index in [0.29, 0.717) is 17.3 Å². The van der Waals surface area contributed by atoms with Crippen LogP contribution >= 0.6 is 11.6 Å². The number of benzene rings is 2. The van der Waals surface area contributed by atoms with Gasteiger partial charge in [0.25, 0.3) is 5.91 Å². The van der Waals surface area contributed by atoms with Gasteiger partial charge in [0.1, 0.15) is 11.8 Å². The average molecular weight is 403 g/mol. The molecule has 0 aliphatic carbocycles. The molecule has 2 aromatic carbocycles. The number of hydrogen-bond acceptors (Lipinski definition) is 3. The minimum atomic E-state index is -0.628. The van der Waals surface area contributed by atoms with E-state index in [9.17, 15) is 9.59 Å². The van der Waals surface area contributed by atoms with Gasteiger partial charge in [-0.1, -0.05) is 61.0 Å². The van der Waals surface area contributed by atoms with Gasteiger partial charge in [-0.3, -0.25) is 9.59 Å². The second kappa shape index (κ2) is 10.7. The zero-order valence-electron chi connectivity index (χ0n) is 16.5. The fraction of sp³-hybridized carbons (Fsp3) is 0.364. The van der Waals surface area contributed by atoms with Gasteiger partial charge in [0.2, 0.25) is 5.91 Å². The van der Waals surface area contributed by atoms with Gasteiger partial charge >= 0.3 is 0 Å². The molecule has 0 saturated carbocycles. The first kappa shape index (κ1) is 21.8. The smallest absolute Gasteiger partial charge is 0.261 e. The maximum atomic E-state index is 12.9. The Morgan fingerprint density at radius 3 is 2.36 bits per heavy atom. The number of carbonyl (C=O) groups excluding carboxylic acids is 2. The molecule has 0 aliphatic heterocycles. The molecular weight excluding hydrogens is 376 g/mol. The summed E-state index contributed by atoms with van der Waals surface area (Å²) in [5.74, 6) is -0.0270. The molecule has 2 unspecified atom stereocenters.